The lowest BCUT2D eigenvalue weighted by atomic mass is 10.1. The van der Waals surface area contributed by atoms with Crippen molar-refractivity contribution in [3.63, 3.8) is 0 Å². The Bertz CT molecular complexity index is 715. The third-order valence-corrected chi connectivity index (χ3v) is 4.72. The summed E-state index contributed by atoms with van der Waals surface area (Å²) >= 11 is 0. The Balaban J connectivity index is 1.79. The second kappa shape index (κ2) is 7.47. The van der Waals surface area contributed by atoms with Crippen molar-refractivity contribution in [2.24, 2.45) is 0 Å². The molecule has 0 atom stereocenters. The number of nitrogens with one attached hydrogen (secondary N) is 1. The van der Waals surface area contributed by atoms with Gasteiger partial charge in [-0.2, -0.15) is 0 Å². The zero-order valence-corrected chi connectivity index (χ0v) is 12.7. The van der Waals surface area contributed by atoms with Crippen LogP contribution in [0.25, 0.3) is 0 Å². The summed E-state index contributed by atoms with van der Waals surface area (Å²) in [5.41, 5.74) is 0.629. The van der Waals surface area contributed by atoms with Crippen molar-refractivity contribution in [1.82, 2.24) is 4.72 Å². The first-order valence-corrected chi connectivity index (χ1v) is 8.46. The van der Waals surface area contributed by atoms with Crippen LogP contribution in [-0.4, -0.2) is 15.0 Å². The topological polar surface area (TPSA) is 46.2 Å². The van der Waals surface area contributed by atoms with Crippen LogP contribution in [0.1, 0.15) is 18.4 Å². The van der Waals surface area contributed by atoms with Crippen LogP contribution in [-0.2, 0) is 16.4 Å². The maximum Gasteiger partial charge on any atom is 0.240 e. The van der Waals surface area contributed by atoms with E-state index in [1.54, 1.807) is 18.2 Å². The van der Waals surface area contributed by atoms with Crippen LogP contribution in [0.2, 0.25) is 0 Å². The molecule has 0 heterocycles. The number of hydrogen-bond donors (Lipinski definition) is 1. The van der Waals surface area contributed by atoms with E-state index in [0.29, 0.717) is 24.8 Å². The molecule has 0 aliphatic heterocycles. The number of rotatable bonds is 7. The Morgan fingerprint density at radius 3 is 2.27 bits per heavy atom. The van der Waals surface area contributed by atoms with Crippen molar-refractivity contribution in [3.05, 3.63) is 65.7 Å². The fraction of sp³-hybridized carbons (Fsp3) is 0.250. The maximum absolute atomic E-state index is 13.4. The van der Waals surface area contributed by atoms with Crippen LogP contribution in [0.3, 0.4) is 0 Å². The van der Waals surface area contributed by atoms with Gasteiger partial charge in [-0.3, -0.25) is 0 Å². The normalized spacial score (nSPS) is 11.5. The highest BCUT2D eigenvalue weighted by molar-refractivity contribution is 7.89. The number of halogens is 2. The van der Waals surface area contributed by atoms with Gasteiger partial charge in [0.2, 0.25) is 10.0 Å². The molecule has 0 aliphatic carbocycles. The zero-order chi connectivity index (χ0) is 16.0. The van der Waals surface area contributed by atoms with Crippen LogP contribution in [0.15, 0.2) is 53.4 Å². The van der Waals surface area contributed by atoms with Gasteiger partial charge in [0.05, 0.1) is 4.90 Å². The Morgan fingerprint density at radius 2 is 1.59 bits per heavy atom. The second-order valence-electron chi connectivity index (χ2n) is 4.90. The lowest BCUT2D eigenvalue weighted by Crippen LogP contribution is -2.24. The molecule has 0 spiro atoms. The maximum atomic E-state index is 13.4. The number of unbranched alkanes of at least 4 members (excludes halogenated alkanes) is 1. The predicted molar refractivity (Wildman–Crippen MR) is 80.9 cm³/mol. The van der Waals surface area contributed by atoms with Crippen LogP contribution in [0.4, 0.5) is 8.78 Å². The molecule has 0 fully saturated rings. The summed E-state index contributed by atoms with van der Waals surface area (Å²) < 4.78 is 52.5. The molecule has 6 heteroatoms. The van der Waals surface area contributed by atoms with Crippen molar-refractivity contribution >= 4 is 10.0 Å². The first kappa shape index (κ1) is 16.6. The van der Waals surface area contributed by atoms with E-state index in [-0.39, 0.29) is 17.3 Å². The molecule has 118 valence electrons. The van der Waals surface area contributed by atoms with Gasteiger partial charge in [0.15, 0.2) is 0 Å². The minimum absolute atomic E-state index is 0.0306. The van der Waals surface area contributed by atoms with E-state index in [2.05, 4.69) is 4.72 Å². The van der Waals surface area contributed by atoms with Crippen LogP contribution < -0.4 is 4.72 Å². The Labute approximate surface area is 129 Å². The molecule has 22 heavy (non-hydrogen) atoms. The molecule has 0 saturated heterocycles. The Hall–Kier alpha value is -1.79. The van der Waals surface area contributed by atoms with E-state index in [4.69, 9.17) is 0 Å². The average Bonchev–Trinajstić information content (AvgIpc) is 2.49. The molecule has 0 radical (unpaired) electrons. The molecule has 0 amide bonds. The summed E-state index contributed by atoms with van der Waals surface area (Å²) in [5.74, 6) is -0.724. The smallest absolute Gasteiger partial charge is 0.211 e. The summed E-state index contributed by atoms with van der Waals surface area (Å²) in [5, 5.41) is 0. The van der Waals surface area contributed by atoms with Crippen molar-refractivity contribution in [2.75, 3.05) is 6.54 Å². The van der Waals surface area contributed by atoms with Crippen LogP contribution in [0.5, 0.6) is 0 Å². The quantitative estimate of drug-likeness (QED) is 0.794. The molecule has 1 N–H and O–H groups in total. The molecular formula is C16H17F2NO2S. The number of sulfonamides is 1. The fourth-order valence-electron chi connectivity index (χ4n) is 2.05. The van der Waals surface area contributed by atoms with Crippen molar-refractivity contribution in [2.45, 2.75) is 24.2 Å². The van der Waals surface area contributed by atoms with E-state index < -0.39 is 15.8 Å². The van der Waals surface area contributed by atoms with Crippen molar-refractivity contribution < 1.29 is 17.2 Å². The summed E-state index contributed by atoms with van der Waals surface area (Å²) in [4.78, 5) is 0.0306. The van der Waals surface area contributed by atoms with E-state index in [9.17, 15) is 17.2 Å². The molecule has 3 nitrogen and oxygen atoms in total. The van der Waals surface area contributed by atoms with Gasteiger partial charge in [-0.25, -0.2) is 21.9 Å². The van der Waals surface area contributed by atoms with Gasteiger partial charge >= 0.3 is 0 Å². The third-order valence-electron chi connectivity index (χ3n) is 3.25. The third kappa shape index (κ3) is 4.61. The number of hydrogen-bond acceptors (Lipinski definition) is 2. The summed E-state index contributed by atoms with van der Waals surface area (Å²) in [6.07, 6.45) is 1.83. The molecule has 0 unspecified atom stereocenters. The summed E-state index contributed by atoms with van der Waals surface area (Å²) in [6, 6.07) is 11.2. The molecule has 2 rings (SSSR count). The monoisotopic (exact) mass is 325 g/mol. The van der Waals surface area contributed by atoms with E-state index in [1.165, 1.54) is 18.2 Å². The number of benzene rings is 2. The molecule has 0 saturated carbocycles. The van der Waals surface area contributed by atoms with Gasteiger partial charge in [-0.05, 0) is 55.2 Å². The minimum atomic E-state index is -3.62. The molecule has 0 bridgehead atoms. The number of aryl methyl sites for hydroxylation is 1. The molecule has 2 aromatic rings. The molecule has 0 aromatic heterocycles. The van der Waals surface area contributed by atoms with E-state index >= 15 is 0 Å². The van der Waals surface area contributed by atoms with Gasteiger partial charge < -0.3 is 0 Å². The van der Waals surface area contributed by atoms with Gasteiger partial charge in [0, 0.05) is 6.54 Å². The van der Waals surface area contributed by atoms with E-state index in [1.807, 2.05) is 0 Å². The Kier molecular flexibility index (Phi) is 5.63. The van der Waals surface area contributed by atoms with Gasteiger partial charge in [-0.1, -0.05) is 18.2 Å². The highest BCUT2D eigenvalue weighted by Gasteiger charge is 2.12. The van der Waals surface area contributed by atoms with Crippen LogP contribution in [0, 0.1) is 11.6 Å². The highest BCUT2D eigenvalue weighted by atomic mass is 32.2. The van der Waals surface area contributed by atoms with Crippen molar-refractivity contribution in [1.29, 1.82) is 0 Å². The minimum Gasteiger partial charge on any atom is -0.211 e. The predicted octanol–water partition coefficient (Wildman–Crippen LogP) is 3.27. The average molecular weight is 325 g/mol. The fourth-order valence-corrected chi connectivity index (χ4v) is 3.12. The molecular weight excluding hydrogens is 308 g/mol. The first-order valence-electron chi connectivity index (χ1n) is 6.98. The lowest BCUT2D eigenvalue weighted by Gasteiger charge is -2.07. The van der Waals surface area contributed by atoms with Crippen molar-refractivity contribution in [3.8, 4) is 0 Å². The van der Waals surface area contributed by atoms with Gasteiger partial charge in [-0.15, -0.1) is 0 Å². The first-order chi connectivity index (χ1) is 10.5. The SMILES string of the molecule is O=S(=O)(NCCCCc1ccccc1F)c1ccc(F)cc1. The lowest BCUT2D eigenvalue weighted by molar-refractivity contribution is 0.572. The van der Waals surface area contributed by atoms with E-state index in [0.717, 1.165) is 12.1 Å². The second-order valence-corrected chi connectivity index (χ2v) is 6.67. The van der Waals surface area contributed by atoms with Crippen LogP contribution >= 0.6 is 0 Å². The Morgan fingerprint density at radius 1 is 0.909 bits per heavy atom. The largest absolute Gasteiger partial charge is 0.240 e. The summed E-state index contributed by atoms with van der Waals surface area (Å²) in [7, 11) is -3.62. The summed E-state index contributed by atoms with van der Waals surface area (Å²) in [6.45, 7) is 0.258. The van der Waals surface area contributed by atoms with Gasteiger partial charge in [0.25, 0.3) is 0 Å². The standard InChI is InChI=1S/C16H17F2NO2S/c17-14-8-10-15(11-9-14)22(20,21)19-12-4-3-6-13-5-1-2-7-16(13)18/h1-2,5,7-11,19H,3-4,6,12H2. The van der Waals surface area contributed by atoms with Gasteiger partial charge in [0.1, 0.15) is 11.6 Å². The molecule has 0 aliphatic rings. The molecule has 2 aromatic carbocycles. The zero-order valence-electron chi connectivity index (χ0n) is 11.9. The highest BCUT2D eigenvalue weighted by Crippen LogP contribution is 2.11.